The number of amides is 2. The first-order valence-electron chi connectivity index (χ1n) is 8.81. The van der Waals surface area contributed by atoms with Crippen molar-refractivity contribution in [1.82, 2.24) is 19.4 Å². The minimum Gasteiger partial charge on any atom is -0.372 e. The quantitative estimate of drug-likeness (QED) is 0.805. The van der Waals surface area contributed by atoms with E-state index in [1.165, 1.54) is 0 Å². The van der Waals surface area contributed by atoms with Gasteiger partial charge in [-0.25, -0.2) is 4.98 Å². The van der Waals surface area contributed by atoms with Gasteiger partial charge in [0.05, 0.1) is 18.2 Å². The van der Waals surface area contributed by atoms with Crippen LogP contribution in [0, 0.1) is 0 Å². The minimum absolute atomic E-state index is 0.00621. The molecule has 132 valence electrons. The first kappa shape index (κ1) is 17.0. The maximum absolute atomic E-state index is 12.3. The highest BCUT2D eigenvalue weighted by atomic mass is 16.5. The molecule has 0 aliphatic carbocycles. The smallest absolute Gasteiger partial charge is 0.249 e. The van der Waals surface area contributed by atoms with Crippen molar-refractivity contribution < 1.29 is 14.3 Å². The van der Waals surface area contributed by atoms with Gasteiger partial charge in [0.1, 0.15) is 12.4 Å². The molecule has 1 aromatic rings. The van der Waals surface area contributed by atoms with Gasteiger partial charge in [-0.3, -0.25) is 9.59 Å². The molecule has 1 unspecified atom stereocenters. The third kappa shape index (κ3) is 3.45. The van der Waals surface area contributed by atoms with Gasteiger partial charge in [-0.05, 0) is 26.7 Å². The summed E-state index contributed by atoms with van der Waals surface area (Å²) in [7, 11) is 0. The number of carbonyl (C=O) groups is 2. The van der Waals surface area contributed by atoms with Gasteiger partial charge < -0.3 is 19.1 Å². The summed E-state index contributed by atoms with van der Waals surface area (Å²) in [4.78, 5) is 32.9. The Balaban J connectivity index is 1.66. The van der Waals surface area contributed by atoms with Gasteiger partial charge in [0.2, 0.25) is 11.8 Å². The number of likely N-dealkylation sites (tertiary alicyclic amines) is 1. The number of hydrogen-bond acceptors (Lipinski definition) is 4. The average Bonchev–Trinajstić information content (AvgIpc) is 3.22. The summed E-state index contributed by atoms with van der Waals surface area (Å²) in [5.74, 6) is 1.00. The van der Waals surface area contributed by atoms with Crippen LogP contribution in [0.25, 0.3) is 0 Å². The highest BCUT2D eigenvalue weighted by Gasteiger charge is 2.30. The van der Waals surface area contributed by atoms with E-state index in [4.69, 9.17) is 4.74 Å². The molecule has 2 amide bonds. The van der Waals surface area contributed by atoms with Gasteiger partial charge in [0.25, 0.3) is 0 Å². The second-order valence-electron chi connectivity index (χ2n) is 6.45. The number of carbonyl (C=O) groups excluding carboxylic acids is 2. The summed E-state index contributed by atoms with van der Waals surface area (Å²) in [6.07, 6.45) is 4.50. The number of imidazole rings is 1. The van der Waals surface area contributed by atoms with Crippen molar-refractivity contribution in [3.05, 3.63) is 17.7 Å². The summed E-state index contributed by atoms with van der Waals surface area (Å²) < 4.78 is 7.30. The molecule has 1 aromatic heterocycles. The van der Waals surface area contributed by atoms with Crippen LogP contribution in [0.2, 0.25) is 0 Å². The number of hydrogen-bond donors (Lipinski definition) is 0. The number of aromatic nitrogens is 2. The van der Waals surface area contributed by atoms with Crippen LogP contribution in [0.1, 0.15) is 44.2 Å². The summed E-state index contributed by atoms with van der Waals surface area (Å²) >= 11 is 0. The first-order chi connectivity index (χ1) is 11.6. The van der Waals surface area contributed by atoms with E-state index in [1.54, 1.807) is 0 Å². The Morgan fingerprint density at radius 3 is 2.67 bits per heavy atom. The molecule has 2 aliphatic rings. The van der Waals surface area contributed by atoms with Crippen molar-refractivity contribution in [3.8, 4) is 0 Å². The maximum atomic E-state index is 12.3. The lowest BCUT2D eigenvalue weighted by molar-refractivity contribution is -0.139. The number of nitrogens with zero attached hydrogens (tertiary/aromatic N) is 4. The normalized spacial score (nSPS) is 20.3. The van der Waals surface area contributed by atoms with Gasteiger partial charge in [0.15, 0.2) is 0 Å². The Morgan fingerprint density at radius 1 is 1.21 bits per heavy atom. The number of rotatable bonds is 5. The molecule has 7 heteroatoms. The van der Waals surface area contributed by atoms with E-state index >= 15 is 0 Å². The van der Waals surface area contributed by atoms with E-state index < -0.39 is 0 Å². The lowest BCUT2D eigenvalue weighted by atomic mass is 10.2. The van der Waals surface area contributed by atoms with E-state index in [2.05, 4.69) is 9.55 Å². The van der Waals surface area contributed by atoms with Crippen LogP contribution in [0.5, 0.6) is 0 Å². The van der Waals surface area contributed by atoms with E-state index in [1.807, 2.05) is 29.8 Å². The SMILES string of the molecule is CCOCC(=O)N1CCn2cc(CC(=O)N3CCCC3)nc2C1C. The molecule has 0 spiro atoms. The van der Waals surface area contributed by atoms with Crippen LogP contribution < -0.4 is 0 Å². The molecule has 0 saturated carbocycles. The summed E-state index contributed by atoms with van der Waals surface area (Å²) in [5, 5.41) is 0. The van der Waals surface area contributed by atoms with Gasteiger partial charge >= 0.3 is 0 Å². The standard InChI is InChI=1S/C17H26N4O3/c1-3-24-12-16(23)21-9-8-20-11-14(18-17(20)13(21)2)10-15(22)19-6-4-5-7-19/h11,13H,3-10,12H2,1-2H3. The summed E-state index contributed by atoms with van der Waals surface area (Å²) in [6, 6.07) is -0.0951. The van der Waals surface area contributed by atoms with Crippen molar-refractivity contribution >= 4 is 11.8 Å². The van der Waals surface area contributed by atoms with E-state index in [9.17, 15) is 9.59 Å². The fraction of sp³-hybridized carbons (Fsp3) is 0.706. The van der Waals surface area contributed by atoms with E-state index in [0.29, 0.717) is 26.1 Å². The predicted molar refractivity (Wildman–Crippen MR) is 88.4 cm³/mol. The zero-order valence-electron chi connectivity index (χ0n) is 14.5. The van der Waals surface area contributed by atoms with Crippen LogP contribution in [-0.4, -0.2) is 64.0 Å². The van der Waals surface area contributed by atoms with Crippen LogP contribution in [-0.2, 0) is 27.3 Å². The van der Waals surface area contributed by atoms with Crippen molar-refractivity contribution in [2.75, 3.05) is 32.8 Å². The molecule has 0 radical (unpaired) electrons. The van der Waals surface area contributed by atoms with Crippen LogP contribution >= 0.6 is 0 Å². The molecule has 7 nitrogen and oxygen atoms in total. The first-order valence-corrected chi connectivity index (χ1v) is 8.81. The van der Waals surface area contributed by atoms with Crippen molar-refractivity contribution in [3.63, 3.8) is 0 Å². The molecule has 0 aromatic carbocycles. The Kier molecular flexibility index (Phi) is 5.18. The molecule has 24 heavy (non-hydrogen) atoms. The van der Waals surface area contributed by atoms with Crippen molar-refractivity contribution in [2.24, 2.45) is 0 Å². The molecule has 0 bridgehead atoms. The topological polar surface area (TPSA) is 67.7 Å². The van der Waals surface area contributed by atoms with Gasteiger partial charge in [0, 0.05) is 39.0 Å². The molecule has 0 N–H and O–H groups in total. The number of ether oxygens (including phenoxy) is 1. The average molecular weight is 334 g/mol. The zero-order valence-corrected chi connectivity index (χ0v) is 14.5. The fourth-order valence-corrected chi connectivity index (χ4v) is 3.48. The lowest BCUT2D eigenvalue weighted by Crippen LogP contribution is -2.42. The predicted octanol–water partition coefficient (Wildman–Crippen LogP) is 0.988. The number of fused-ring (bicyclic) bond motifs is 1. The fourth-order valence-electron chi connectivity index (χ4n) is 3.48. The summed E-state index contributed by atoms with van der Waals surface area (Å²) in [6.45, 7) is 7.59. The Hall–Kier alpha value is -1.89. The van der Waals surface area contributed by atoms with Crippen LogP contribution in [0.4, 0.5) is 0 Å². The largest absolute Gasteiger partial charge is 0.372 e. The molecular weight excluding hydrogens is 308 g/mol. The monoisotopic (exact) mass is 334 g/mol. The Bertz CT molecular complexity index is 607. The molecule has 2 aliphatic heterocycles. The Morgan fingerprint density at radius 2 is 1.96 bits per heavy atom. The molecule has 3 rings (SSSR count). The molecule has 1 fully saturated rings. The zero-order chi connectivity index (χ0) is 17.1. The molecule has 1 saturated heterocycles. The molecular formula is C17H26N4O3. The van der Waals surface area contributed by atoms with Gasteiger partial charge in [-0.2, -0.15) is 0 Å². The van der Waals surface area contributed by atoms with E-state index in [-0.39, 0.29) is 24.5 Å². The minimum atomic E-state index is -0.0951. The molecule has 1 atom stereocenters. The van der Waals surface area contributed by atoms with Gasteiger partial charge in [-0.1, -0.05) is 0 Å². The highest BCUT2D eigenvalue weighted by molar-refractivity contribution is 5.79. The summed E-state index contributed by atoms with van der Waals surface area (Å²) in [5.41, 5.74) is 0.799. The van der Waals surface area contributed by atoms with E-state index in [0.717, 1.165) is 37.4 Å². The van der Waals surface area contributed by atoms with Crippen molar-refractivity contribution in [2.45, 2.75) is 45.7 Å². The van der Waals surface area contributed by atoms with Gasteiger partial charge in [-0.15, -0.1) is 0 Å². The molecule has 3 heterocycles. The second-order valence-corrected chi connectivity index (χ2v) is 6.45. The van der Waals surface area contributed by atoms with Crippen LogP contribution in [0.3, 0.4) is 0 Å². The van der Waals surface area contributed by atoms with Crippen LogP contribution in [0.15, 0.2) is 6.20 Å². The lowest BCUT2D eigenvalue weighted by Gasteiger charge is -2.33. The second kappa shape index (κ2) is 7.34. The Labute approximate surface area is 142 Å². The van der Waals surface area contributed by atoms with Crippen molar-refractivity contribution in [1.29, 1.82) is 0 Å². The third-order valence-corrected chi connectivity index (χ3v) is 4.82. The third-order valence-electron chi connectivity index (χ3n) is 4.82. The maximum Gasteiger partial charge on any atom is 0.249 e. The highest BCUT2D eigenvalue weighted by Crippen LogP contribution is 2.25.